The first kappa shape index (κ1) is 18.2. The lowest BCUT2D eigenvalue weighted by atomic mass is 10.2. The highest BCUT2D eigenvalue weighted by Crippen LogP contribution is 2.27. The average Bonchev–Trinajstić information content (AvgIpc) is 3.09. The van der Waals surface area contributed by atoms with Crippen molar-refractivity contribution in [2.24, 2.45) is 0 Å². The molecule has 1 N–H and O–H groups in total. The quantitative estimate of drug-likeness (QED) is 0.685. The van der Waals surface area contributed by atoms with Crippen LogP contribution in [0.1, 0.15) is 5.89 Å². The molecule has 0 saturated carbocycles. The normalized spacial score (nSPS) is 10.6. The van der Waals surface area contributed by atoms with Crippen molar-refractivity contribution in [1.82, 2.24) is 15.5 Å². The fraction of sp³-hybridized carbons (Fsp3) is 0.118. The molecular formula is C17H12Cl2FN3O3. The van der Waals surface area contributed by atoms with Crippen molar-refractivity contribution in [1.29, 1.82) is 0 Å². The van der Waals surface area contributed by atoms with Crippen LogP contribution >= 0.6 is 23.2 Å². The maximum absolute atomic E-state index is 12.9. The van der Waals surface area contributed by atoms with Gasteiger partial charge in [-0.1, -0.05) is 23.2 Å². The summed E-state index contributed by atoms with van der Waals surface area (Å²) < 4.78 is 23.7. The zero-order valence-electron chi connectivity index (χ0n) is 13.2. The van der Waals surface area contributed by atoms with Gasteiger partial charge in [-0.25, -0.2) is 4.39 Å². The number of nitrogens with one attached hydrogen (secondary N) is 1. The number of amides is 1. The number of rotatable bonds is 6. The molecule has 0 aliphatic heterocycles. The van der Waals surface area contributed by atoms with E-state index in [2.05, 4.69) is 15.5 Å². The van der Waals surface area contributed by atoms with Crippen molar-refractivity contribution in [2.45, 2.75) is 6.54 Å². The van der Waals surface area contributed by atoms with Gasteiger partial charge in [0, 0.05) is 10.6 Å². The average molecular weight is 396 g/mol. The van der Waals surface area contributed by atoms with Gasteiger partial charge in [0.1, 0.15) is 11.6 Å². The van der Waals surface area contributed by atoms with Gasteiger partial charge in [0.05, 0.1) is 11.6 Å². The first-order valence-corrected chi connectivity index (χ1v) is 8.20. The van der Waals surface area contributed by atoms with Crippen LogP contribution in [0.15, 0.2) is 46.9 Å². The van der Waals surface area contributed by atoms with Crippen LogP contribution in [-0.4, -0.2) is 22.7 Å². The summed E-state index contributed by atoms with van der Waals surface area (Å²) in [7, 11) is 0. The van der Waals surface area contributed by atoms with Crippen molar-refractivity contribution in [2.75, 3.05) is 6.61 Å². The highest BCUT2D eigenvalue weighted by atomic mass is 35.5. The first-order valence-electron chi connectivity index (χ1n) is 7.44. The zero-order chi connectivity index (χ0) is 18.5. The van der Waals surface area contributed by atoms with Gasteiger partial charge in [0.2, 0.25) is 11.8 Å². The van der Waals surface area contributed by atoms with Crippen LogP contribution < -0.4 is 10.1 Å². The van der Waals surface area contributed by atoms with E-state index in [0.29, 0.717) is 21.4 Å². The molecule has 0 aliphatic rings. The lowest BCUT2D eigenvalue weighted by molar-refractivity contribution is -0.123. The van der Waals surface area contributed by atoms with E-state index in [4.69, 9.17) is 32.4 Å². The van der Waals surface area contributed by atoms with Gasteiger partial charge >= 0.3 is 0 Å². The molecule has 0 aliphatic carbocycles. The Morgan fingerprint density at radius 2 is 1.92 bits per heavy atom. The molecule has 134 valence electrons. The van der Waals surface area contributed by atoms with Gasteiger partial charge in [0.25, 0.3) is 5.91 Å². The Morgan fingerprint density at radius 3 is 2.65 bits per heavy atom. The Kier molecular flexibility index (Phi) is 5.70. The van der Waals surface area contributed by atoms with Crippen LogP contribution in [0.2, 0.25) is 10.0 Å². The van der Waals surface area contributed by atoms with Gasteiger partial charge in [-0.15, -0.1) is 10.2 Å². The molecule has 0 atom stereocenters. The molecule has 1 amide bonds. The maximum atomic E-state index is 12.9. The number of ether oxygens (including phenoxy) is 1. The molecular weight excluding hydrogens is 384 g/mol. The summed E-state index contributed by atoms with van der Waals surface area (Å²) in [4.78, 5) is 11.8. The van der Waals surface area contributed by atoms with Crippen LogP contribution in [0.25, 0.3) is 11.5 Å². The lowest BCUT2D eigenvalue weighted by Gasteiger charge is -2.08. The molecule has 9 heteroatoms. The van der Waals surface area contributed by atoms with E-state index in [0.717, 1.165) is 0 Å². The SMILES string of the molecule is O=C(COc1ccc(Cl)cc1Cl)NCc1nnc(-c2ccc(F)cc2)o1. The van der Waals surface area contributed by atoms with Crippen molar-refractivity contribution >= 4 is 29.1 Å². The van der Waals surface area contributed by atoms with Crippen LogP contribution in [0, 0.1) is 5.82 Å². The summed E-state index contributed by atoms with van der Waals surface area (Å²) in [5.41, 5.74) is 0.581. The summed E-state index contributed by atoms with van der Waals surface area (Å²) in [6, 6.07) is 10.3. The molecule has 0 spiro atoms. The minimum Gasteiger partial charge on any atom is -0.482 e. The van der Waals surface area contributed by atoms with Crippen LogP contribution in [0.5, 0.6) is 5.75 Å². The highest BCUT2D eigenvalue weighted by Gasteiger charge is 2.11. The van der Waals surface area contributed by atoms with E-state index < -0.39 is 5.91 Å². The standard InChI is InChI=1S/C17H12Cl2FN3O3/c18-11-3-6-14(13(19)7-11)25-9-15(24)21-8-16-22-23-17(26-16)10-1-4-12(20)5-2-10/h1-7H,8-9H2,(H,21,24). The predicted octanol–water partition coefficient (Wildman–Crippen LogP) is 3.88. The topological polar surface area (TPSA) is 77.2 Å². The summed E-state index contributed by atoms with van der Waals surface area (Å²) in [5.74, 6) is 0.0438. The molecule has 0 bridgehead atoms. The monoisotopic (exact) mass is 395 g/mol. The zero-order valence-corrected chi connectivity index (χ0v) is 14.7. The summed E-state index contributed by atoms with van der Waals surface area (Å²) in [6.07, 6.45) is 0. The number of carbonyl (C=O) groups excluding carboxylic acids is 1. The Bertz CT molecular complexity index is 916. The Labute approximate surface area is 157 Å². The van der Waals surface area contributed by atoms with E-state index in [1.807, 2.05) is 0 Å². The Hall–Kier alpha value is -2.64. The number of nitrogens with zero attached hydrogens (tertiary/aromatic N) is 2. The molecule has 1 heterocycles. The molecule has 0 unspecified atom stereocenters. The summed E-state index contributed by atoms with van der Waals surface area (Å²) >= 11 is 11.7. The molecule has 3 aromatic rings. The molecule has 0 saturated heterocycles. The number of benzene rings is 2. The molecule has 0 fully saturated rings. The first-order chi connectivity index (χ1) is 12.5. The van der Waals surface area contributed by atoms with Gasteiger partial charge in [-0.05, 0) is 42.5 Å². The maximum Gasteiger partial charge on any atom is 0.258 e. The fourth-order valence-electron chi connectivity index (χ4n) is 1.99. The van der Waals surface area contributed by atoms with Crippen LogP contribution in [-0.2, 0) is 11.3 Å². The fourth-order valence-corrected chi connectivity index (χ4v) is 2.46. The van der Waals surface area contributed by atoms with E-state index in [1.54, 1.807) is 12.1 Å². The van der Waals surface area contributed by atoms with Crippen molar-refractivity contribution in [3.8, 4) is 17.2 Å². The third kappa shape index (κ3) is 4.71. The number of aromatic nitrogens is 2. The summed E-state index contributed by atoms with van der Waals surface area (Å²) in [6.45, 7) is -0.203. The van der Waals surface area contributed by atoms with Gasteiger partial charge < -0.3 is 14.5 Å². The number of carbonyl (C=O) groups is 1. The van der Waals surface area contributed by atoms with Crippen molar-refractivity contribution in [3.63, 3.8) is 0 Å². The van der Waals surface area contributed by atoms with E-state index >= 15 is 0 Å². The molecule has 1 aromatic heterocycles. The molecule has 3 rings (SSSR count). The number of halogens is 3. The second-order valence-electron chi connectivity index (χ2n) is 5.15. The second-order valence-corrected chi connectivity index (χ2v) is 5.99. The number of hydrogen-bond donors (Lipinski definition) is 1. The van der Waals surface area contributed by atoms with Crippen molar-refractivity contribution in [3.05, 3.63) is 64.2 Å². The predicted molar refractivity (Wildman–Crippen MR) is 93.5 cm³/mol. The molecule has 6 nitrogen and oxygen atoms in total. The second kappa shape index (κ2) is 8.16. The highest BCUT2D eigenvalue weighted by molar-refractivity contribution is 6.35. The van der Waals surface area contributed by atoms with Gasteiger partial charge in [-0.2, -0.15) is 0 Å². The third-order valence-corrected chi connectivity index (χ3v) is 3.78. The largest absolute Gasteiger partial charge is 0.482 e. The molecule has 26 heavy (non-hydrogen) atoms. The summed E-state index contributed by atoms with van der Waals surface area (Å²) in [5, 5.41) is 11.1. The van der Waals surface area contributed by atoms with Crippen LogP contribution in [0.3, 0.4) is 0 Å². The van der Waals surface area contributed by atoms with E-state index in [1.165, 1.54) is 30.3 Å². The molecule has 2 aromatic carbocycles. The van der Waals surface area contributed by atoms with Gasteiger partial charge in [0.15, 0.2) is 6.61 Å². The minimum absolute atomic E-state index is 0.0325. The Morgan fingerprint density at radius 1 is 1.15 bits per heavy atom. The lowest BCUT2D eigenvalue weighted by Crippen LogP contribution is -2.28. The van der Waals surface area contributed by atoms with Crippen LogP contribution in [0.4, 0.5) is 4.39 Å². The minimum atomic E-state index is -0.391. The molecule has 0 radical (unpaired) electrons. The third-order valence-electron chi connectivity index (χ3n) is 3.25. The van der Waals surface area contributed by atoms with Crippen molar-refractivity contribution < 1.29 is 18.3 Å². The number of hydrogen-bond acceptors (Lipinski definition) is 5. The Balaban J connectivity index is 1.51. The van der Waals surface area contributed by atoms with Gasteiger partial charge in [-0.3, -0.25) is 4.79 Å². The smallest absolute Gasteiger partial charge is 0.258 e. The van der Waals surface area contributed by atoms with E-state index in [-0.39, 0.29) is 30.8 Å². The van der Waals surface area contributed by atoms with E-state index in [9.17, 15) is 9.18 Å².